The van der Waals surface area contributed by atoms with Crippen molar-refractivity contribution in [2.45, 2.75) is 51.8 Å². The molecule has 2 aromatic rings. The quantitative estimate of drug-likeness (QED) is 0.265. The minimum Gasteiger partial charge on any atom is -0.318 e. The van der Waals surface area contributed by atoms with Crippen LogP contribution in [0.5, 0.6) is 0 Å². The van der Waals surface area contributed by atoms with Gasteiger partial charge in [-0.05, 0) is 43.5 Å². The van der Waals surface area contributed by atoms with Gasteiger partial charge in [-0.1, -0.05) is 26.0 Å². The highest BCUT2D eigenvalue weighted by atomic mass is 19.4. The lowest BCUT2D eigenvalue weighted by Crippen LogP contribution is -2.58. The first-order chi connectivity index (χ1) is 13.2. The largest absolute Gasteiger partial charge is 0.462 e. The van der Waals surface area contributed by atoms with E-state index < -0.39 is 18.1 Å². The lowest BCUT2D eigenvalue weighted by atomic mass is 10.0. The molecule has 0 saturated heterocycles. The SMILES string of the molecule is Cc1cc(/C=N/NC(F)(F)C(F)(F)C(F)(F)F)c(C)n1-c1ccc(C(C)C)cc1. The fraction of sp³-hybridized carbons (Fsp3) is 0.421. The third-order valence-electron chi connectivity index (χ3n) is 4.45. The van der Waals surface area contributed by atoms with Gasteiger partial charge in [0.2, 0.25) is 0 Å². The normalized spacial score (nSPS) is 13.5. The lowest BCUT2D eigenvalue weighted by molar-refractivity contribution is -0.361. The van der Waals surface area contributed by atoms with E-state index in [2.05, 4.69) is 5.10 Å². The molecule has 160 valence electrons. The summed E-state index contributed by atoms with van der Waals surface area (Å²) in [5.74, 6) is -5.94. The van der Waals surface area contributed by atoms with Crippen molar-refractivity contribution in [3.05, 3.63) is 52.8 Å². The van der Waals surface area contributed by atoms with Crippen LogP contribution in [0.4, 0.5) is 30.7 Å². The van der Waals surface area contributed by atoms with Crippen molar-refractivity contribution in [1.82, 2.24) is 9.99 Å². The second-order valence-electron chi connectivity index (χ2n) is 6.92. The summed E-state index contributed by atoms with van der Waals surface area (Å²) in [6.45, 7) is 7.47. The second kappa shape index (κ2) is 7.72. The number of benzene rings is 1. The van der Waals surface area contributed by atoms with Gasteiger partial charge < -0.3 is 4.57 Å². The number of halogens is 7. The van der Waals surface area contributed by atoms with Crippen LogP contribution < -0.4 is 5.43 Å². The Hall–Kier alpha value is -2.52. The number of alkyl halides is 7. The molecule has 0 aliphatic rings. The van der Waals surface area contributed by atoms with Crippen LogP contribution in [-0.2, 0) is 0 Å². The van der Waals surface area contributed by atoms with Crippen molar-refractivity contribution < 1.29 is 30.7 Å². The molecule has 0 aliphatic heterocycles. The molecule has 2 rings (SSSR count). The maximum absolute atomic E-state index is 13.3. The number of rotatable bonds is 6. The van der Waals surface area contributed by atoms with Crippen molar-refractivity contribution in [3.8, 4) is 5.69 Å². The van der Waals surface area contributed by atoms with E-state index in [0.717, 1.165) is 17.5 Å². The van der Waals surface area contributed by atoms with E-state index in [9.17, 15) is 30.7 Å². The zero-order valence-electron chi connectivity index (χ0n) is 16.1. The molecule has 0 radical (unpaired) electrons. The highest BCUT2D eigenvalue weighted by Crippen LogP contribution is 2.45. The second-order valence-corrected chi connectivity index (χ2v) is 6.92. The molecule has 3 nitrogen and oxygen atoms in total. The van der Waals surface area contributed by atoms with Crippen LogP contribution in [0.15, 0.2) is 35.4 Å². The van der Waals surface area contributed by atoms with Gasteiger partial charge in [0, 0.05) is 22.6 Å². The highest BCUT2D eigenvalue weighted by Gasteiger charge is 2.73. The fourth-order valence-corrected chi connectivity index (χ4v) is 2.76. The molecule has 0 fully saturated rings. The molecule has 10 heteroatoms. The Balaban J connectivity index is 2.26. The number of hydrazone groups is 1. The molecule has 0 bridgehead atoms. The number of aromatic nitrogens is 1. The van der Waals surface area contributed by atoms with Crippen LogP contribution >= 0.6 is 0 Å². The van der Waals surface area contributed by atoms with Crippen LogP contribution in [0.2, 0.25) is 0 Å². The van der Waals surface area contributed by atoms with Gasteiger partial charge >= 0.3 is 18.1 Å². The zero-order chi connectivity index (χ0) is 22.2. The summed E-state index contributed by atoms with van der Waals surface area (Å²) < 4.78 is 90.5. The summed E-state index contributed by atoms with van der Waals surface area (Å²) >= 11 is 0. The summed E-state index contributed by atoms with van der Waals surface area (Å²) in [4.78, 5) is 0. The molecule has 29 heavy (non-hydrogen) atoms. The van der Waals surface area contributed by atoms with Gasteiger partial charge in [-0.15, -0.1) is 0 Å². The summed E-state index contributed by atoms with van der Waals surface area (Å²) in [6, 6.07) is 3.57. The zero-order valence-corrected chi connectivity index (χ0v) is 16.1. The minimum atomic E-state index is -6.42. The Morgan fingerprint density at radius 3 is 2.00 bits per heavy atom. The summed E-state index contributed by atoms with van der Waals surface area (Å²) in [7, 11) is 0. The van der Waals surface area contributed by atoms with E-state index in [4.69, 9.17) is 0 Å². The first-order valence-electron chi connectivity index (χ1n) is 8.61. The standard InChI is InChI=1S/C19H20F7N3/c1-11(2)14-5-7-16(8-6-14)29-12(3)9-15(13(29)4)10-27-28-19(25,26)17(20,21)18(22,23)24/h5-11,28H,1-4H3/b27-10+. The van der Waals surface area contributed by atoms with Gasteiger partial charge in [0.05, 0.1) is 6.21 Å². The molecular weight excluding hydrogens is 403 g/mol. The predicted octanol–water partition coefficient (Wildman–Crippen LogP) is 5.93. The third kappa shape index (κ3) is 4.40. The van der Waals surface area contributed by atoms with E-state index in [1.54, 1.807) is 24.5 Å². The van der Waals surface area contributed by atoms with E-state index in [1.165, 1.54) is 0 Å². The highest BCUT2D eigenvalue weighted by molar-refractivity contribution is 5.82. The first-order valence-corrected chi connectivity index (χ1v) is 8.61. The molecule has 1 aromatic heterocycles. The molecule has 0 aliphatic carbocycles. The number of hydrogen-bond donors (Lipinski definition) is 1. The summed E-state index contributed by atoms with van der Waals surface area (Å²) in [6.07, 6.45) is -5.64. The summed E-state index contributed by atoms with van der Waals surface area (Å²) in [5, 5.41) is 2.92. The molecule has 0 atom stereocenters. The number of nitrogens with one attached hydrogen (secondary N) is 1. The van der Waals surface area contributed by atoms with E-state index in [0.29, 0.717) is 22.7 Å². The summed E-state index contributed by atoms with van der Waals surface area (Å²) in [5.41, 5.74) is 4.07. The van der Waals surface area contributed by atoms with E-state index >= 15 is 0 Å². The Kier molecular flexibility index (Phi) is 6.06. The van der Waals surface area contributed by atoms with Crippen LogP contribution in [-0.4, -0.2) is 28.9 Å². The predicted molar refractivity (Wildman–Crippen MR) is 96.0 cm³/mol. The molecule has 1 aromatic carbocycles. The average Bonchev–Trinajstić information content (AvgIpc) is 2.87. The molecule has 0 unspecified atom stereocenters. The first kappa shape index (κ1) is 22.8. The van der Waals surface area contributed by atoms with E-state index in [1.807, 2.05) is 38.1 Å². The van der Waals surface area contributed by atoms with Gasteiger partial charge in [-0.25, -0.2) is 5.43 Å². The van der Waals surface area contributed by atoms with Gasteiger partial charge in [0.1, 0.15) is 0 Å². The Labute approximate surface area is 163 Å². The van der Waals surface area contributed by atoms with Crippen molar-refractivity contribution in [1.29, 1.82) is 0 Å². The van der Waals surface area contributed by atoms with Crippen LogP contribution in [0, 0.1) is 13.8 Å². The molecular formula is C19H20F7N3. The van der Waals surface area contributed by atoms with Gasteiger partial charge in [-0.3, -0.25) is 0 Å². The van der Waals surface area contributed by atoms with Crippen LogP contribution in [0.3, 0.4) is 0 Å². The maximum Gasteiger partial charge on any atom is 0.462 e. The molecule has 1 heterocycles. The number of nitrogens with zero attached hydrogens (tertiary/aromatic N) is 2. The molecule has 1 N–H and O–H groups in total. The molecule has 0 spiro atoms. The third-order valence-corrected chi connectivity index (χ3v) is 4.45. The minimum absolute atomic E-state index is 0.286. The van der Waals surface area contributed by atoms with Crippen molar-refractivity contribution in [2.75, 3.05) is 0 Å². The topological polar surface area (TPSA) is 29.3 Å². The number of hydrogen-bond acceptors (Lipinski definition) is 2. The van der Waals surface area contributed by atoms with Crippen molar-refractivity contribution in [2.24, 2.45) is 5.10 Å². The lowest BCUT2D eigenvalue weighted by Gasteiger charge is -2.27. The smallest absolute Gasteiger partial charge is 0.318 e. The van der Waals surface area contributed by atoms with Gasteiger partial charge in [0.15, 0.2) is 0 Å². The Morgan fingerprint density at radius 1 is 0.966 bits per heavy atom. The number of aryl methyl sites for hydroxylation is 1. The Morgan fingerprint density at radius 2 is 1.52 bits per heavy atom. The average molecular weight is 423 g/mol. The fourth-order valence-electron chi connectivity index (χ4n) is 2.76. The van der Waals surface area contributed by atoms with Crippen molar-refractivity contribution >= 4 is 6.21 Å². The Bertz CT molecular complexity index is 878. The van der Waals surface area contributed by atoms with Gasteiger partial charge in [0.25, 0.3) is 0 Å². The van der Waals surface area contributed by atoms with Crippen LogP contribution in [0.25, 0.3) is 5.69 Å². The van der Waals surface area contributed by atoms with Crippen LogP contribution in [0.1, 0.15) is 42.3 Å². The van der Waals surface area contributed by atoms with Gasteiger partial charge in [-0.2, -0.15) is 35.8 Å². The van der Waals surface area contributed by atoms with Crippen molar-refractivity contribution in [3.63, 3.8) is 0 Å². The maximum atomic E-state index is 13.3. The monoisotopic (exact) mass is 423 g/mol. The molecule has 0 saturated carbocycles. The van der Waals surface area contributed by atoms with E-state index in [-0.39, 0.29) is 5.56 Å². The molecule has 0 amide bonds.